The molecule has 3 rings (SSSR count). The monoisotopic (exact) mass is 329 g/mol. The summed E-state index contributed by atoms with van der Waals surface area (Å²) in [5.41, 5.74) is 0.809. The van der Waals surface area contributed by atoms with Crippen LogP contribution in [0.25, 0.3) is 5.69 Å². The smallest absolute Gasteiger partial charge is 0.177 e. The van der Waals surface area contributed by atoms with Crippen molar-refractivity contribution in [3.05, 3.63) is 30.1 Å². The molecule has 130 valence electrons. The van der Waals surface area contributed by atoms with Gasteiger partial charge in [-0.05, 0) is 48.5 Å². The minimum atomic E-state index is -0.0912. The van der Waals surface area contributed by atoms with E-state index in [9.17, 15) is 0 Å². The average Bonchev–Trinajstić information content (AvgIpc) is 3.13. The molecule has 0 amide bonds. The molecule has 1 heterocycles. The fourth-order valence-corrected chi connectivity index (χ4v) is 4.09. The Labute approximate surface area is 143 Å². The van der Waals surface area contributed by atoms with E-state index in [4.69, 9.17) is 4.74 Å². The van der Waals surface area contributed by atoms with E-state index in [1.165, 1.54) is 19.3 Å². The molecule has 6 heteroatoms. The first-order valence-corrected chi connectivity index (χ1v) is 8.94. The van der Waals surface area contributed by atoms with E-state index in [1.54, 1.807) is 7.11 Å². The van der Waals surface area contributed by atoms with Crippen molar-refractivity contribution in [2.75, 3.05) is 20.2 Å². The second kappa shape index (κ2) is 7.30. The van der Waals surface area contributed by atoms with Crippen LogP contribution < -0.4 is 4.74 Å². The molecule has 0 unspecified atom stereocenters. The van der Waals surface area contributed by atoms with Crippen LogP contribution in [0.1, 0.15) is 51.8 Å². The van der Waals surface area contributed by atoms with E-state index in [0.29, 0.717) is 0 Å². The van der Waals surface area contributed by atoms with Crippen LogP contribution in [0.15, 0.2) is 24.3 Å². The molecule has 1 aromatic heterocycles. The summed E-state index contributed by atoms with van der Waals surface area (Å²) in [6, 6.07) is 7.92. The van der Waals surface area contributed by atoms with Gasteiger partial charge in [0.15, 0.2) is 5.82 Å². The van der Waals surface area contributed by atoms with Gasteiger partial charge in [0.05, 0.1) is 12.6 Å². The van der Waals surface area contributed by atoms with Gasteiger partial charge in [0.2, 0.25) is 0 Å². The molecule has 1 aliphatic carbocycles. The van der Waals surface area contributed by atoms with Gasteiger partial charge in [0, 0.05) is 0 Å². The predicted octanol–water partition coefficient (Wildman–Crippen LogP) is 3.17. The molecule has 0 N–H and O–H groups in total. The standard InChI is InChI=1S/C18H27N5O/c1-4-22(5-2)18(13-9-6-10-14-18)17-19-20-21-23(17)15-11-7-8-12-16(15)24-3/h7-8,11-12H,4-6,9-10,13-14H2,1-3H3. The number of nitrogens with zero attached hydrogens (tertiary/aromatic N) is 5. The summed E-state index contributed by atoms with van der Waals surface area (Å²) in [5, 5.41) is 12.8. The third-order valence-corrected chi connectivity index (χ3v) is 5.25. The Kier molecular flexibility index (Phi) is 5.14. The molecule has 6 nitrogen and oxygen atoms in total. The summed E-state index contributed by atoms with van der Waals surface area (Å²) >= 11 is 0. The number of para-hydroxylation sites is 2. The lowest BCUT2D eigenvalue weighted by Gasteiger charge is -2.44. The summed E-state index contributed by atoms with van der Waals surface area (Å²) in [6.45, 7) is 6.43. The Morgan fingerprint density at radius 1 is 1.12 bits per heavy atom. The predicted molar refractivity (Wildman–Crippen MR) is 93.4 cm³/mol. The first-order chi connectivity index (χ1) is 11.8. The zero-order valence-electron chi connectivity index (χ0n) is 14.9. The Morgan fingerprint density at radius 2 is 1.83 bits per heavy atom. The molecular weight excluding hydrogens is 302 g/mol. The SMILES string of the molecule is CCN(CC)C1(c2nnnn2-c2ccccc2OC)CCCCC1. The van der Waals surface area contributed by atoms with Crippen molar-refractivity contribution in [3.63, 3.8) is 0 Å². The quantitative estimate of drug-likeness (QED) is 0.815. The molecule has 0 spiro atoms. The van der Waals surface area contributed by atoms with Gasteiger partial charge in [0.25, 0.3) is 0 Å². The van der Waals surface area contributed by atoms with Crippen LogP contribution in [-0.2, 0) is 5.54 Å². The zero-order valence-corrected chi connectivity index (χ0v) is 14.9. The largest absolute Gasteiger partial charge is 0.494 e. The Hall–Kier alpha value is -1.95. The summed E-state index contributed by atoms with van der Waals surface area (Å²) in [4.78, 5) is 2.52. The maximum absolute atomic E-state index is 5.53. The van der Waals surface area contributed by atoms with E-state index in [1.807, 2.05) is 28.9 Å². The normalized spacial score (nSPS) is 17.2. The second-order valence-electron chi connectivity index (χ2n) is 6.35. The molecule has 1 aliphatic rings. The average molecular weight is 329 g/mol. The van der Waals surface area contributed by atoms with E-state index < -0.39 is 0 Å². The minimum Gasteiger partial charge on any atom is -0.494 e. The van der Waals surface area contributed by atoms with Crippen molar-refractivity contribution >= 4 is 0 Å². The van der Waals surface area contributed by atoms with Crippen molar-refractivity contribution in [1.82, 2.24) is 25.1 Å². The lowest BCUT2D eigenvalue weighted by molar-refractivity contribution is 0.0463. The molecule has 0 atom stereocenters. The molecule has 0 bridgehead atoms. The number of rotatable bonds is 6. The molecular formula is C18H27N5O. The molecule has 1 fully saturated rings. The van der Waals surface area contributed by atoms with Crippen LogP contribution in [0.3, 0.4) is 0 Å². The van der Waals surface area contributed by atoms with Crippen molar-refractivity contribution in [3.8, 4) is 11.4 Å². The minimum absolute atomic E-state index is 0.0912. The molecule has 1 saturated carbocycles. The summed E-state index contributed by atoms with van der Waals surface area (Å²) in [7, 11) is 1.68. The number of hydrogen-bond acceptors (Lipinski definition) is 5. The molecule has 0 aliphatic heterocycles. The van der Waals surface area contributed by atoms with Gasteiger partial charge in [-0.25, -0.2) is 0 Å². The van der Waals surface area contributed by atoms with E-state index in [0.717, 1.165) is 43.2 Å². The zero-order chi connectivity index (χ0) is 17.0. The van der Waals surface area contributed by atoms with E-state index in [-0.39, 0.29) is 5.54 Å². The lowest BCUT2D eigenvalue weighted by atomic mass is 9.79. The van der Waals surface area contributed by atoms with Gasteiger partial charge >= 0.3 is 0 Å². The first-order valence-electron chi connectivity index (χ1n) is 8.94. The lowest BCUT2D eigenvalue weighted by Crippen LogP contribution is -2.49. The maximum Gasteiger partial charge on any atom is 0.177 e. The molecule has 1 aromatic carbocycles. The summed E-state index contributed by atoms with van der Waals surface area (Å²) < 4.78 is 7.40. The van der Waals surface area contributed by atoms with Crippen molar-refractivity contribution < 1.29 is 4.74 Å². The van der Waals surface area contributed by atoms with Gasteiger partial charge in [-0.3, -0.25) is 4.90 Å². The van der Waals surface area contributed by atoms with Gasteiger partial charge in [0.1, 0.15) is 11.4 Å². The topological polar surface area (TPSA) is 56.1 Å². The number of methoxy groups -OCH3 is 1. The van der Waals surface area contributed by atoms with Gasteiger partial charge < -0.3 is 4.74 Å². The van der Waals surface area contributed by atoms with Crippen LogP contribution in [0.4, 0.5) is 0 Å². The highest BCUT2D eigenvalue weighted by molar-refractivity contribution is 5.46. The van der Waals surface area contributed by atoms with Crippen molar-refractivity contribution in [1.29, 1.82) is 0 Å². The molecule has 0 radical (unpaired) electrons. The summed E-state index contributed by atoms with van der Waals surface area (Å²) in [5.74, 6) is 1.73. The number of aromatic nitrogens is 4. The van der Waals surface area contributed by atoms with E-state index in [2.05, 4.69) is 34.3 Å². The summed E-state index contributed by atoms with van der Waals surface area (Å²) in [6.07, 6.45) is 5.93. The van der Waals surface area contributed by atoms with Gasteiger partial charge in [-0.15, -0.1) is 5.10 Å². The number of benzene rings is 1. The third kappa shape index (κ3) is 2.79. The number of tetrazole rings is 1. The third-order valence-electron chi connectivity index (χ3n) is 5.25. The van der Waals surface area contributed by atoms with Crippen LogP contribution >= 0.6 is 0 Å². The fraction of sp³-hybridized carbons (Fsp3) is 0.611. The highest BCUT2D eigenvalue weighted by Crippen LogP contribution is 2.42. The van der Waals surface area contributed by atoms with Crippen LogP contribution in [0, 0.1) is 0 Å². The molecule has 0 saturated heterocycles. The highest BCUT2D eigenvalue weighted by Gasteiger charge is 2.43. The first kappa shape index (κ1) is 16.9. The Morgan fingerprint density at radius 3 is 2.50 bits per heavy atom. The van der Waals surface area contributed by atoms with E-state index >= 15 is 0 Å². The second-order valence-corrected chi connectivity index (χ2v) is 6.35. The maximum atomic E-state index is 5.53. The van der Waals surface area contributed by atoms with Gasteiger partial charge in [-0.2, -0.15) is 4.68 Å². The van der Waals surface area contributed by atoms with Crippen LogP contribution in [-0.4, -0.2) is 45.3 Å². The molecule has 2 aromatic rings. The number of ether oxygens (including phenoxy) is 1. The Balaban J connectivity index is 2.12. The number of hydrogen-bond donors (Lipinski definition) is 0. The Bertz CT molecular complexity index is 659. The highest BCUT2D eigenvalue weighted by atomic mass is 16.5. The fourth-order valence-electron chi connectivity index (χ4n) is 4.09. The van der Waals surface area contributed by atoms with Crippen molar-refractivity contribution in [2.24, 2.45) is 0 Å². The molecule has 24 heavy (non-hydrogen) atoms. The van der Waals surface area contributed by atoms with Crippen LogP contribution in [0.5, 0.6) is 5.75 Å². The van der Waals surface area contributed by atoms with Crippen molar-refractivity contribution in [2.45, 2.75) is 51.5 Å². The van der Waals surface area contributed by atoms with Gasteiger partial charge in [-0.1, -0.05) is 45.2 Å². The van der Waals surface area contributed by atoms with Crippen LogP contribution in [0.2, 0.25) is 0 Å².